The average Bonchev–Trinajstić information content (AvgIpc) is 3.16. The molecule has 1 aliphatic carbocycles. The smallest absolute Gasteiger partial charge is 0.0467 e. The van der Waals surface area contributed by atoms with Gasteiger partial charge >= 0.3 is 0 Å². The molecule has 1 heterocycles. The molecule has 0 bridgehead atoms. The van der Waals surface area contributed by atoms with Crippen molar-refractivity contribution in [3.05, 3.63) is 0 Å². The maximum Gasteiger partial charge on any atom is 0.0467 e. The van der Waals surface area contributed by atoms with Crippen LogP contribution in [0.2, 0.25) is 0 Å². The van der Waals surface area contributed by atoms with E-state index in [0.717, 1.165) is 25.5 Å². The lowest BCUT2D eigenvalue weighted by atomic mass is 9.85. The minimum atomic E-state index is 0.339. The first-order valence-corrected chi connectivity index (χ1v) is 7.84. The van der Waals surface area contributed by atoms with Gasteiger partial charge in [-0.15, -0.1) is 0 Å². The molecule has 0 aromatic carbocycles. The number of hydrogen-bond acceptors (Lipinski definition) is 3. The largest absolute Gasteiger partial charge is 0.385 e. The maximum absolute atomic E-state index is 5.25. The standard InChI is InChI=1S/C16H32N2O/c1-13-10-17-16(4,14-6-7-14)12-18(13)11-15(2,3)8-9-19-5/h13-14,17H,6-12H2,1-5H3. The first-order chi connectivity index (χ1) is 8.86. The third-order valence-corrected chi connectivity index (χ3v) is 5.05. The maximum atomic E-state index is 5.25. The molecule has 3 heteroatoms. The van der Waals surface area contributed by atoms with E-state index < -0.39 is 0 Å². The summed E-state index contributed by atoms with van der Waals surface area (Å²) in [5.74, 6) is 0.907. The highest BCUT2D eigenvalue weighted by atomic mass is 16.5. The molecule has 1 aliphatic heterocycles. The third-order valence-electron chi connectivity index (χ3n) is 5.05. The minimum absolute atomic E-state index is 0.339. The van der Waals surface area contributed by atoms with Crippen molar-refractivity contribution >= 4 is 0 Å². The van der Waals surface area contributed by atoms with Gasteiger partial charge in [-0.05, 0) is 44.4 Å². The molecule has 2 rings (SSSR count). The van der Waals surface area contributed by atoms with Gasteiger partial charge in [0, 0.05) is 44.9 Å². The number of ether oxygens (including phenoxy) is 1. The summed E-state index contributed by atoms with van der Waals surface area (Å²) >= 11 is 0. The van der Waals surface area contributed by atoms with Crippen molar-refractivity contribution in [2.75, 3.05) is 33.4 Å². The number of nitrogens with zero attached hydrogens (tertiary/aromatic N) is 1. The van der Waals surface area contributed by atoms with Gasteiger partial charge < -0.3 is 10.1 Å². The van der Waals surface area contributed by atoms with Gasteiger partial charge in [0.25, 0.3) is 0 Å². The molecule has 2 atom stereocenters. The van der Waals surface area contributed by atoms with E-state index >= 15 is 0 Å². The van der Waals surface area contributed by atoms with Crippen molar-refractivity contribution in [1.82, 2.24) is 10.2 Å². The Labute approximate surface area is 119 Å². The summed E-state index contributed by atoms with van der Waals surface area (Å²) in [6.07, 6.45) is 3.97. The SMILES string of the molecule is COCCC(C)(C)CN1CC(C)(C2CC2)NCC1C. The lowest BCUT2D eigenvalue weighted by Crippen LogP contribution is -2.64. The first kappa shape index (κ1) is 15.3. The number of methoxy groups -OCH3 is 1. The fourth-order valence-electron chi connectivity index (χ4n) is 3.36. The van der Waals surface area contributed by atoms with Crippen LogP contribution in [0.25, 0.3) is 0 Å². The Hall–Kier alpha value is -0.120. The molecule has 0 amide bonds. The van der Waals surface area contributed by atoms with E-state index in [1.165, 1.54) is 25.9 Å². The molecule has 0 radical (unpaired) electrons. The summed E-state index contributed by atoms with van der Waals surface area (Å²) in [7, 11) is 1.80. The summed E-state index contributed by atoms with van der Waals surface area (Å²) in [5.41, 5.74) is 0.690. The van der Waals surface area contributed by atoms with Crippen LogP contribution in [0.1, 0.15) is 47.0 Å². The Kier molecular flexibility index (Phi) is 4.59. The second kappa shape index (κ2) is 5.71. The van der Waals surface area contributed by atoms with E-state index in [-0.39, 0.29) is 0 Å². The quantitative estimate of drug-likeness (QED) is 0.801. The summed E-state index contributed by atoms with van der Waals surface area (Å²) in [5, 5.41) is 3.80. The molecular formula is C16H32N2O. The van der Waals surface area contributed by atoms with Crippen LogP contribution in [0.5, 0.6) is 0 Å². The molecule has 0 aromatic heterocycles. The van der Waals surface area contributed by atoms with Crippen LogP contribution in [0.4, 0.5) is 0 Å². The number of piperazine rings is 1. The van der Waals surface area contributed by atoms with Crippen LogP contribution >= 0.6 is 0 Å². The Morgan fingerprint density at radius 1 is 1.37 bits per heavy atom. The fourth-order valence-corrected chi connectivity index (χ4v) is 3.36. The van der Waals surface area contributed by atoms with Gasteiger partial charge in [0.05, 0.1) is 0 Å². The van der Waals surface area contributed by atoms with E-state index in [4.69, 9.17) is 4.74 Å². The Morgan fingerprint density at radius 3 is 2.63 bits per heavy atom. The molecule has 0 spiro atoms. The average molecular weight is 268 g/mol. The zero-order valence-electron chi connectivity index (χ0n) is 13.5. The van der Waals surface area contributed by atoms with Crippen molar-refractivity contribution in [1.29, 1.82) is 0 Å². The summed E-state index contributed by atoms with van der Waals surface area (Å²) in [6.45, 7) is 13.9. The second-order valence-corrected chi connectivity index (χ2v) is 7.73. The molecule has 1 saturated carbocycles. The van der Waals surface area contributed by atoms with E-state index in [1.54, 1.807) is 7.11 Å². The van der Waals surface area contributed by atoms with Crippen molar-refractivity contribution in [2.45, 2.75) is 58.5 Å². The van der Waals surface area contributed by atoms with Crippen molar-refractivity contribution in [3.63, 3.8) is 0 Å². The highest BCUT2D eigenvalue weighted by molar-refractivity contribution is 5.04. The van der Waals surface area contributed by atoms with Crippen molar-refractivity contribution in [2.24, 2.45) is 11.3 Å². The lowest BCUT2D eigenvalue weighted by Gasteiger charge is -2.48. The van der Waals surface area contributed by atoms with Gasteiger partial charge in [-0.1, -0.05) is 13.8 Å². The second-order valence-electron chi connectivity index (χ2n) is 7.73. The highest BCUT2D eigenvalue weighted by Gasteiger charge is 2.45. The van der Waals surface area contributed by atoms with Gasteiger partial charge in [0.1, 0.15) is 0 Å². The molecule has 2 unspecified atom stereocenters. The molecule has 1 saturated heterocycles. The summed E-state index contributed by atoms with van der Waals surface area (Å²) < 4.78 is 5.25. The zero-order valence-corrected chi connectivity index (χ0v) is 13.5. The fraction of sp³-hybridized carbons (Fsp3) is 1.00. The minimum Gasteiger partial charge on any atom is -0.385 e. The first-order valence-electron chi connectivity index (χ1n) is 7.84. The van der Waals surface area contributed by atoms with Crippen LogP contribution in [-0.4, -0.2) is 49.8 Å². The summed E-state index contributed by atoms with van der Waals surface area (Å²) in [6, 6.07) is 0.647. The Bertz CT molecular complexity index is 301. The van der Waals surface area contributed by atoms with Crippen molar-refractivity contribution < 1.29 is 4.74 Å². The van der Waals surface area contributed by atoms with Crippen molar-refractivity contribution in [3.8, 4) is 0 Å². The Morgan fingerprint density at radius 2 is 2.05 bits per heavy atom. The van der Waals surface area contributed by atoms with Crippen LogP contribution in [0, 0.1) is 11.3 Å². The van der Waals surface area contributed by atoms with E-state index in [0.29, 0.717) is 17.0 Å². The molecule has 2 fully saturated rings. The molecule has 112 valence electrons. The normalized spacial score (nSPS) is 33.6. The van der Waals surface area contributed by atoms with Gasteiger partial charge in [-0.25, -0.2) is 0 Å². The molecule has 3 nitrogen and oxygen atoms in total. The van der Waals surface area contributed by atoms with Gasteiger partial charge in [-0.3, -0.25) is 4.90 Å². The van der Waals surface area contributed by atoms with E-state index in [2.05, 4.69) is 37.9 Å². The lowest BCUT2D eigenvalue weighted by molar-refractivity contribution is 0.0401. The van der Waals surface area contributed by atoms with E-state index in [9.17, 15) is 0 Å². The topological polar surface area (TPSA) is 24.5 Å². The van der Waals surface area contributed by atoms with Crippen LogP contribution in [-0.2, 0) is 4.74 Å². The molecule has 19 heavy (non-hydrogen) atoms. The number of rotatable bonds is 6. The highest BCUT2D eigenvalue weighted by Crippen LogP contribution is 2.41. The molecule has 1 N–H and O–H groups in total. The third kappa shape index (κ3) is 3.93. The van der Waals surface area contributed by atoms with Gasteiger partial charge in [0.15, 0.2) is 0 Å². The summed E-state index contributed by atoms with van der Waals surface area (Å²) in [4.78, 5) is 2.70. The molecule has 2 aliphatic rings. The predicted octanol–water partition coefficient (Wildman–Crippen LogP) is 2.51. The Balaban J connectivity index is 1.93. The van der Waals surface area contributed by atoms with E-state index in [1.807, 2.05) is 0 Å². The van der Waals surface area contributed by atoms with Gasteiger partial charge in [-0.2, -0.15) is 0 Å². The monoisotopic (exact) mass is 268 g/mol. The molecule has 0 aromatic rings. The van der Waals surface area contributed by atoms with Crippen LogP contribution in [0.3, 0.4) is 0 Å². The van der Waals surface area contributed by atoms with Gasteiger partial charge in [0.2, 0.25) is 0 Å². The predicted molar refractivity (Wildman–Crippen MR) is 80.4 cm³/mol. The number of nitrogens with one attached hydrogen (secondary N) is 1. The van der Waals surface area contributed by atoms with Crippen LogP contribution in [0.15, 0.2) is 0 Å². The zero-order chi connectivity index (χ0) is 14.1. The van der Waals surface area contributed by atoms with Crippen LogP contribution < -0.4 is 5.32 Å². The molecular weight excluding hydrogens is 236 g/mol. The number of hydrogen-bond donors (Lipinski definition) is 1.